The second-order valence-electron chi connectivity index (χ2n) is 7.61. The van der Waals surface area contributed by atoms with Gasteiger partial charge in [0.25, 0.3) is 0 Å². The van der Waals surface area contributed by atoms with Gasteiger partial charge in [0.2, 0.25) is 5.91 Å². The Balaban J connectivity index is 1.62. The number of benzene rings is 1. The Hall–Kier alpha value is -2.08. The first kappa shape index (κ1) is 19.7. The Morgan fingerprint density at radius 3 is 2.44 bits per heavy atom. The molecule has 27 heavy (non-hydrogen) atoms. The lowest BCUT2D eigenvalue weighted by Gasteiger charge is -2.29. The van der Waals surface area contributed by atoms with Crippen LogP contribution in [0.25, 0.3) is 0 Å². The third kappa shape index (κ3) is 4.43. The maximum atomic E-state index is 12.2. The standard InChI is InChI=1S/C21H30N2O4/c1-15(24)23-13-17-12-22(11-5-4-6-20(25)27-3)14-19(17)21(23)16-7-9-18(26-2)10-8-16/h7-10,17,19,21H,4-6,11-14H2,1-3H3/t17-,19-,21+/m1/s1. The number of unbranched alkanes of at least 4 members (excludes halogenated alkanes) is 1. The van der Waals surface area contributed by atoms with Gasteiger partial charge in [-0.25, -0.2) is 0 Å². The second kappa shape index (κ2) is 8.74. The minimum absolute atomic E-state index is 0.134. The van der Waals surface area contributed by atoms with Gasteiger partial charge in [-0.2, -0.15) is 0 Å². The van der Waals surface area contributed by atoms with Crippen LogP contribution in [-0.4, -0.2) is 62.1 Å². The van der Waals surface area contributed by atoms with E-state index in [9.17, 15) is 9.59 Å². The molecule has 2 heterocycles. The zero-order valence-corrected chi connectivity index (χ0v) is 16.5. The molecular weight excluding hydrogens is 344 g/mol. The molecule has 6 nitrogen and oxygen atoms in total. The highest BCUT2D eigenvalue weighted by molar-refractivity contribution is 5.74. The van der Waals surface area contributed by atoms with E-state index in [1.165, 1.54) is 12.7 Å². The van der Waals surface area contributed by atoms with Crippen molar-refractivity contribution in [3.63, 3.8) is 0 Å². The molecule has 148 valence electrons. The Bertz CT molecular complexity index is 661. The molecule has 1 aromatic rings. The predicted molar refractivity (Wildman–Crippen MR) is 102 cm³/mol. The van der Waals surface area contributed by atoms with Crippen molar-refractivity contribution in [3.05, 3.63) is 29.8 Å². The van der Waals surface area contributed by atoms with E-state index in [4.69, 9.17) is 9.47 Å². The molecule has 3 atom stereocenters. The van der Waals surface area contributed by atoms with Gasteiger partial charge in [-0.1, -0.05) is 12.1 Å². The lowest BCUT2D eigenvalue weighted by Crippen LogP contribution is -2.34. The summed E-state index contributed by atoms with van der Waals surface area (Å²) in [7, 11) is 3.10. The van der Waals surface area contributed by atoms with E-state index in [2.05, 4.69) is 17.0 Å². The molecule has 0 aromatic heterocycles. The molecule has 0 radical (unpaired) electrons. The Labute approximate surface area is 161 Å². The van der Waals surface area contributed by atoms with Crippen LogP contribution in [0.3, 0.4) is 0 Å². The van der Waals surface area contributed by atoms with Crippen LogP contribution >= 0.6 is 0 Å². The number of carbonyl (C=O) groups excluding carboxylic acids is 2. The molecule has 1 amide bonds. The monoisotopic (exact) mass is 374 g/mol. The smallest absolute Gasteiger partial charge is 0.305 e. The number of amides is 1. The molecule has 0 spiro atoms. The summed E-state index contributed by atoms with van der Waals surface area (Å²) in [4.78, 5) is 28.0. The third-order valence-electron chi connectivity index (χ3n) is 5.93. The molecule has 0 aliphatic carbocycles. The fraction of sp³-hybridized carbons (Fsp3) is 0.619. The van der Waals surface area contributed by atoms with Crippen LogP contribution < -0.4 is 4.74 Å². The van der Waals surface area contributed by atoms with Gasteiger partial charge in [-0.05, 0) is 43.0 Å². The van der Waals surface area contributed by atoms with Crippen LogP contribution in [0.2, 0.25) is 0 Å². The van der Waals surface area contributed by atoms with E-state index < -0.39 is 0 Å². The van der Waals surface area contributed by atoms with E-state index in [1.807, 2.05) is 17.0 Å². The van der Waals surface area contributed by atoms with Crippen molar-refractivity contribution < 1.29 is 19.1 Å². The first-order chi connectivity index (χ1) is 13.0. The molecule has 0 unspecified atom stereocenters. The Kier molecular flexibility index (Phi) is 6.37. The van der Waals surface area contributed by atoms with E-state index >= 15 is 0 Å². The molecule has 2 saturated heterocycles. The highest BCUT2D eigenvalue weighted by Gasteiger charge is 2.48. The minimum atomic E-state index is -0.134. The minimum Gasteiger partial charge on any atom is -0.497 e. The molecule has 2 aliphatic rings. The first-order valence-corrected chi connectivity index (χ1v) is 9.73. The predicted octanol–water partition coefficient (Wildman–Crippen LogP) is 2.49. The van der Waals surface area contributed by atoms with Crippen molar-refractivity contribution in [3.8, 4) is 5.75 Å². The fourth-order valence-electron chi connectivity index (χ4n) is 4.58. The number of ether oxygens (including phenoxy) is 2. The third-order valence-corrected chi connectivity index (χ3v) is 5.93. The number of carbonyl (C=O) groups is 2. The van der Waals surface area contributed by atoms with Crippen LogP contribution in [-0.2, 0) is 14.3 Å². The summed E-state index contributed by atoms with van der Waals surface area (Å²) in [6.45, 7) is 5.53. The molecule has 0 saturated carbocycles. The van der Waals surface area contributed by atoms with E-state index in [-0.39, 0.29) is 17.9 Å². The van der Waals surface area contributed by atoms with Crippen molar-refractivity contribution in [2.75, 3.05) is 40.4 Å². The van der Waals surface area contributed by atoms with Crippen LogP contribution in [0.4, 0.5) is 0 Å². The van der Waals surface area contributed by atoms with Crippen LogP contribution in [0.1, 0.15) is 37.8 Å². The largest absolute Gasteiger partial charge is 0.497 e. The van der Waals surface area contributed by atoms with Crippen LogP contribution in [0.5, 0.6) is 5.75 Å². The summed E-state index contributed by atoms with van der Waals surface area (Å²) in [6.07, 6.45) is 2.35. The first-order valence-electron chi connectivity index (χ1n) is 9.73. The highest BCUT2D eigenvalue weighted by atomic mass is 16.5. The molecule has 3 rings (SSSR count). The van der Waals surface area contributed by atoms with Crippen molar-refractivity contribution in [1.82, 2.24) is 9.80 Å². The molecule has 6 heteroatoms. The summed E-state index contributed by atoms with van der Waals surface area (Å²) in [5, 5.41) is 0. The summed E-state index contributed by atoms with van der Waals surface area (Å²) in [5.74, 6) is 1.82. The van der Waals surface area contributed by atoms with Gasteiger partial charge < -0.3 is 19.3 Å². The summed E-state index contributed by atoms with van der Waals surface area (Å²) < 4.78 is 9.97. The van der Waals surface area contributed by atoms with Crippen molar-refractivity contribution in [2.45, 2.75) is 32.2 Å². The van der Waals surface area contributed by atoms with Crippen molar-refractivity contribution in [2.24, 2.45) is 11.8 Å². The lowest BCUT2D eigenvalue weighted by molar-refractivity contribution is -0.140. The van der Waals surface area contributed by atoms with Gasteiger partial charge >= 0.3 is 5.97 Å². The van der Waals surface area contributed by atoms with Gasteiger partial charge in [0.1, 0.15) is 5.75 Å². The van der Waals surface area contributed by atoms with E-state index in [0.717, 1.165) is 44.8 Å². The molecule has 0 bridgehead atoms. The second-order valence-corrected chi connectivity index (χ2v) is 7.61. The maximum absolute atomic E-state index is 12.2. The fourth-order valence-corrected chi connectivity index (χ4v) is 4.58. The van der Waals surface area contributed by atoms with E-state index in [1.54, 1.807) is 14.0 Å². The number of esters is 1. The molecule has 2 aliphatic heterocycles. The zero-order valence-electron chi connectivity index (χ0n) is 16.5. The lowest BCUT2D eigenvalue weighted by atomic mass is 9.89. The number of nitrogens with zero attached hydrogens (tertiary/aromatic N) is 2. The topological polar surface area (TPSA) is 59.1 Å². The summed E-state index contributed by atoms with van der Waals surface area (Å²) >= 11 is 0. The maximum Gasteiger partial charge on any atom is 0.305 e. The summed E-state index contributed by atoms with van der Waals surface area (Å²) in [6, 6.07) is 8.25. The zero-order chi connectivity index (χ0) is 19.4. The normalized spacial score (nSPS) is 24.7. The van der Waals surface area contributed by atoms with Gasteiger partial charge in [-0.3, -0.25) is 9.59 Å². The number of likely N-dealkylation sites (tertiary alicyclic amines) is 2. The van der Waals surface area contributed by atoms with E-state index in [0.29, 0.717) is 18.3 Å². The summed E-state index contributed by atoms with van der Waals surface area (Å²) in [5.41, 5.74) is 1.19. The van der Waals surface area contributed by atoms with Gasteiger partial charge in [0.05, 0.1) is 20.3 Å². The van der Waals surface area contributed by atoms with Crippen molar-refractivity contribution in [1.29, 1.82) is 0 Å². The van der Waals surface area contributed by atoms with Crippen LogP contribution in [0, 0.1) is 11.8 Å². The number of hydrogen-bond donors (Lipinski definition) is 0. The Morgan fingerprint density at radius 2 is 1.81 bits per heavy atom. The molecule has 0 N–H and O–H groups in total. The van der Waals surface area contributed by atoms with Gasteiger partial charge in [-0.15, -0.1) is 0 Å². The van der Waals surface area contributed by atoms with Crippen molar-refractivity contribution >= 4 is 11.9 Å². The molecule has 2 fully saturated rings. The highest BCUT2D eigenvalue weighted by Crippen LogP contribution is 2.45. The average molecular weight is 374 g/mol. The number of methoxy groups -OCH3 is 2. The molecular formula is C21H30N2O4. The quantitative estimate of drug-likeness (QED) is 0.542. The van der Waals surface area contributed by atoms with Gasteiger partial charge in [0, 0.05) is 38.9 Å². The number of rotatable bonds is 7. The van der Waals surface area contributed by atoms with Gasteiger partial charge in [0.15, 0.2) is 0 Å². The Morgan fingerprint density at radius 1 is 1.07 bits per heavy atom. The average Bonchev–Trinajstić information content (AvgIpc) is 3.22. The van der Waals surface area contributed by atoms with Crippen LogP contribution in [0.15, 0.2) is 24.3 Å². The molecule has 1 aromatic carbocycles. The number of hydrogen-bond acceptors (Lipinski definition) is 5. The number of fused-ring (bicyclic) bond motifs is 1. The SMILES string of the molecule is COC(=O)CCCCN1C[C@@H]2CN(C(C)=O)[C@@H](c3ccc(OC)cc3)[C@@H]2C1.